The fraction of sp³-hybridized carbons (Fsp3) is 0.929. The molecule has 0 aromatic heterocycles. The molecule has 3 unspecified atom stereocenters. The number of aliphatic hydroxyl groups is 1. The summed E-state index contributed by atoms with van der Waals surface area (Å²) >= 11 is 0. The van der Waals surface area contributed by atoms with E-state index in [9.17, 15) is 9.90 Å². The summed E-state index contributed by atoms with van der Waals surface area (Å²) in [6.07, 6.45) is 3.48. The highest BCUT2D eigenvalue weighted by Gasteiger charge is 2.46. The SMILES string of the molecule is CCOC(=O)C(O)(CC)C1CC(C)CC(C)C1. The molecule has 0 spiro atoms. The van der Waals surface area contributed by atoms with Gasteiger partial charge in [-0.15, -0.1) is 0 Å². The summed E-state index contributed by atoms with van der Waals surface area (Å²) in [5.74, 6) is 0.770. The minimum absolute atomic E-state index is 0.0466. The maximum atomic E-state index is 11.9. The van der Waals surface area contributed by atoms with Crippen LogP contribution in [0, 0.1) is 17.8 Å². The molecule has 100 valence electrons. The van der Waals surface area contributed by atoms with E-state index in [1.54, 1.807) is 6.92 Å². The van der Waals surface area contributed by atoms with Gasteiger partial charge in [-0.05, 0) is 50.4 Å². The first kappa shape index (κ1) is 14.5. The largest absolute Gasteiger partial charge is 0.464 e. The van der Waals surface area contributed by atoms with Gasteiger partial charge in [-0.2, -0.15) is 0 Å². The summed E-state index contributed by atoms with van der Waals surface area (Å²) in [7, 11) is 0. The fourth-order valence-corrected chi connectivity index (χ4v) is 3.19. The van der Waals surface area contributed by atoms with Crippen molar-refractivity contribution in [3.8, 4) is 0 Å². The van der Waals surface area contributed by atoms with E-state index in [-0.39, 0.29) is 5.92 Å². The quantitative estimate of drug-likeness (QED) is 0.771. The third-order valence-electron chi connectivity index (χ3n) is 4.02. The van der Waals surface area contributed by atoms with Crippen LogP contribution >= 0.6 is 0 Å². The van der Waals surface area contributed by atoms with Crippen LogP contribution in [0.25, 0.3) is 0 Å². The molecule has 1 saturated carbocycles. The van der Waals surface area contributed by atoms with Crippen LogP contribution in [0.2, 0.25) is 0 Å². The summed E-state index contributed by atoms with van der Waals surface area (Å²) in [5.41, 5.74) is -1.28. The fourth-order valence-electron chi connectivity index (χ4n) is 3.19. The average molecular weight is 242 g/mol. The van der Waals surface area contributed by atoms with Crippen molar-refractivity contribution in [3.63, 3.8) is 0 Å². The van der Waals surface area contributed by atoms with Crippen LogP contribution in [0.4, 0.5) is 0 Å². The number of ether oxygens (including phenoxy) is 1. The lowest BCUT2D eigenvalue weighted by atomic mass is 9.68. The third kappa shape index (κ3) is 3.21. The lowest BCUT2D eigenvalue weighted by Gasteiger charge is -2.40. The Balaban J connectivity index is 2.80. The van der Waals surface area contributed by atoms with Crippen molar-refractivity contribution in [2.24, 2.45) is 17.8 Å². The molecule has 1 aliphatic rings. The first-order valence-corrected chi connectivity index (χ1v) is 6.83. The molecule has 0 amide bonds. The van der Waals surface area contributed by atoms with Gasteiger partial charge in [-0.1, -0.05) is 20.8 Å². The van der Waals surface area contributed by atoms with Gasteiger partial charge in [0, 0.05) is 0 Å². The molecule has 0 heterocycles. The van der Waals surface area contributed by atoms with E-state index in [1.165, 1.54) is 6.42 Å². The normalized spacial score (nSPS) is 32.9. The van der Waals surface area contributed by atoms with Crippen molar-refractivity contribution in [2.45, 2.75) is 59.0 Å². The first-order valence-electron chi connectivity index (χ1n) is 6.83. The molecule has 0 aromatic carbocycles. The Morgan fingerprint density at radius 2 is 1.76 bits per heavy atom. The molecule has 17 heavy (non-hydrogen) atoms. The van der Waals surface area contributed by atoms with Crippen LogP contribution in [0.5, 0.6) is 0 Å². The van der Waals surface area contributed by atoms with Crippen LogP contribution in [-0.4, -0.2) is 23.3 Å². The molecule has 1 rings (SSSR count). The summed E-state index contributed by atoms with van der Waals surface area (Å²) in [6.45, 7) is 8.37. The number of esters is 1. The zero-order chi connectivity index (χ0) is 13.1. The molecule has 1 N–H and O–H groups in total. The molecular formula is C14H26O3. The summed E-state index contributed by atoms with van der Waals surface area (Å²) in [6, 6.07) is 0. The average Bonchev–Trinajstić information content (AvgIpc) is 2.26. The van der Waals surface area contributed by atoms with E-state index in [0.717, 1.165) is 12.8 Å². The zero-order valence-corrected chi connectivity index (χ0v) is 11.5. The lowest BCUT2D eigenvalue weighted by molar-refractivity contribution is -0.175. The lowest BCUT2D eigenvalue weighted by Crippen LogP contribution is -2.49. The van der Waals surface area contributed by atoms with E-state index in [2.05, 4.69) is 13.8 Å². The highest BCUT2D eigenvalue weighted by molar-refractivity contribution is 5.79. The summed E-state index contributed by atoms with van der Waals surface area (Å²) < 4.78 is 5.03. The Bertz CT molecular complexity index is 254. The highest BCUT2D eigenvalue weighted by Crippen LogP contribution is 2.40. The maximum absolute atomic E-state index is 11.9. The van der Waals surface area contributed by atoms with E-state index in [4.69, 9.17) is 4.74 Å². The van der Waals surface area contributed by atoms with Crippen molar-refractivity contribution in [2.75, 3.05) is 6.61 Å². The molecule has 0 bridgehead atoms. The second-order valence-corrected chi connectivity index (χ2v) is 5.61. The number of carbonyl (C=O) groups excluding carboxylic acids is 1. The minimum atomic E-state index is -1.28. The molecule has 3 nitrogen and oxygen atoms in total. The van der Waals surface area contributed by atoms with Gasteiger partial charge in [-0.25, -0.2) is 4.79 Å². The molecule has 0 aliphatic heterocycles. The monoisotopic (exact) mass is 242 g/mol. The van der Waals surface area contributed by atoms with Gasteiger partial charge in [0.1, 0.15) is 0 Å². The molecule has 0 aromatic rings. The molecule has 3 heteroatoms. The van der Waals surface area contributed by atoms with Crippen molar-refractivity contribution >= 4 is 5.97 Å². The topological polar surface area (TPSA) is 46.5 Å². The predicted octanol–water partition coefficient (Wildman–Crippen LogP) is 2.76. The van der Waals surface area contributed by atoms with Crippen LogP contribution in [0.15, 0.2) is 0 Å². The molecular weight excluding hydrogens is 216 g/mol. The Labute approximate surface area is 105 Å². The van der Waals surface area contributed by atoms with E-state index < -0.39 is 11.6 Å². The van der Waals surface area contributed by atoms with Gasteiger partial charge in [-0.3, -0.25) is 0 Å². The minimum Gasteiger partial charge on any atom is -0.464 e. The molecule has 1 fully saturated rings. The number of hydrogen-bond acceptors (Lipinski definition) is 3. The first-order chi connectivity index (χ1) is 7.93. The summed E-state index contributed by atoms with van der Waals surface area (Å²) in [4.78, 5) is 11.9. The van der Waals surface area contributed by atoms with E-state index in [0.29, 0.717) is 24.9 Å². The molecule has 3 atom stereocenters. The molecule has 1 aliphatic carbocycles. The van der Waals surface area contributed by atoms with Crippen molar-refractivity contribution in [3.05, 3.63) is 0 Å². The maximum Gasteiger partial charge on any atom is 0.338 e. The van der Waals surface area contributed by atoms with Crippen LogP contribution in [-0.2, 0) is 9.53 Å². The molecule has 0 saturated heterocycles. The second-order valence-electron chi connectivity index (χ2n) is 5.61. The number of rotatable bonds is 4. The van der Waals surface area contributed by atoms with Gasteiger partial charge in [0.05, 0.1) is 6.61 Å². The van der Waals surface area contributed by atoms with Crippen molar-refractivity contribution < 1.29 is 14.6 Å². The number of carbonyl (C=O) groups is 1. The Morgan fingerprint density at radius 3 is 2.18 bits per heavy atom. The number of hydrogen-bond donors (Lipinski definition) is 1. The predicted molar refractivity (Wildman–Crippen MR) is 67.5 cm³/mol. The van der Waals surface area contributed by atoms with E-state index >= 15 is 0 Å². The van der Waals surface area contributed by atoms with Gasteiger partial charge in [0.2, 0.25) is 0 Å². The smallest absolute Gasteiger partial charge is 0.338 e. The Kier molecular flexibility index (Phi) is 4.99. The van der Waals surface area contributed by atoms with Crippen molar-refractivity contribution in [1.29, 1.82) is 0 Å². The molecule has 0 radical (unpaired) electrons. The Hall–Kier alpha value is -0.570. The second kappa shape index (κ2) is 5.85. The van der Waals surface area contributed by atoms with Gasteiger partial charge in [0.15, 0.2) is 5.60 Å². The van der Waals surface area contributed by atoms with Crippen LogP contribution in [0.3, 0.4) is 0 Å². The van der Waals surface area contributed by atoms with Crippen LogP contribution in [0.1, 0.15) is 53.4 Å². The van der Waals surface area contributed by atoms with E-state index in [1.807, 2.05) is 6.92 Å². The highest BCUT2D eigenvalue weighted by atomic mass is 16.5. The third-order valence-corrected chi connectivity index (χ3v) is 4.02. The van der Waals surface area contributed by atoms with Gasteiger partial charge < -0.3 is 9.84 Å². The summed E-state index contributed by atoms with van der Waals surface area (Å²) in [5, 5.41) is 10.6. The zero-order valence-electron chi connectivity index (χ0n) is 11.5. The van der Waals surface area contributed by atoms with Gasteiger partial charge in [0.25, 0.3) is 0 Å². The van der Waals surface area contributed by atoms with Gasteiger partial charge >= 0.3 is 5.97 Å². The van der Waals surface area contributed by atoms with Crippen molar-refractivity contribution in [1.82, 2.24) is 0 Å². The standard InChI is InChI=1S/C14H26O3/c1-5-14(16,13(15)17-6-2)12-8-10(3)7-11(4)9-12/h10-12,16H,5-9H2,1-4H3. The van der Waals surface area contributed by atoms with Crippen LogP contribution < -0.4 is 0 Å². The Morgan fingerprint density at radius 1 is 1.24 bits per heavy atom.